The van der Waals surface area contributed by atoms with E-state index < -0.39 is 0 Å². The van der Waals surface area contributed by atoms with E-state index in [2.05, 4.69) is 20.3 Å². The highest BCUT2D eigenvalue weighted by Gasteiger charge is 2.28. The quantitative estimate of drug-likeness (QED) is 0.843. The van der Waals surface area contributed by atoms with E-state index in [9.17, 15) is 4.79 Å². The SMILES string of the molecule is Cc1nc(CC2CCN(C(=O)c3nnc4n3CCCCC4)CC2)no1. The Morgan fingerprint density at radius 2 is 2.00 bits per heavy atom. The summed E-state index contributed by atoms with van der Waals surface area (Å²) in [6.45, 7) is 4.17. The van der Waals surface area contributed by atoms with Crippen molar-refractivity contribution in [3.8, 4) is 0 Å². The van der Waals surface area contributed by atoms with Crippen LogP contribution in [0.3, 0.4) is 0 Å². The van der Waals surface area contributed by atoms with Crippen molar-refractivity contribution in [1.82, 2.24) is 29.8 Å². The lowest BCUT2D eigenvalue weighted by molar-refractivity contribution is 0.0671. The van der Waals surface area contributed by atoms with Crippen LogP contribution in [0.5, 0.6) is 0 Å². The third kappa shape index (κ3) is 3.43. The summed E-state index contributed by atoms with van der Waals surface area (Å²) < 4.78 is 7.07. The van der Waals surface area contributed by atoms with Crippen molar-refractivity contribution in [2.75, 3.05) is 13.1 Å². The van der Waals surface area contributed by atoms with Crippen LogP contribution in [0.4, 0.5) is 0 Å². The lowest BCUT2D eigenvalue weighted by Gasteiger charge is -2.31. The molecule has 0 atom stereocenters. The van der Waals surface area contributed by atoms with Crippen molar-refractivity contribution in [2.24, 2.45) is 5.92 Å². The first-order valence-corrected chi connectivity index (χ1v) is 9.21. The van der Waals surface area contributed by atoms with Gasteiger partial charge in [0.05, 0.1) is 0 Å². The monoisotopic (exact) mass is 344 g/mol. The second-order valence-electron chi connectivity index (χ2n) is 7.07. The topological polar surface area (TPSA) is 89.9 Å². The maximum absolute atomic E-state index is 12.9. The number of fused-ring (bicyclic) bond motifs is 1. The van der Waals surface area contributed by atoms with Gasteiger partial charge in [-0.2, -0.15) is 4.98 Å². The molecule has 0 radical (unpaired) electrons. The number of hydrogen-bond acceptors (Lipinski definition) is 6. The van der Waals surface area contributed by atoms with Gasteiger partial charge in [-0.3, -0.25) is 4.79 Å². The van der Waals surface area contributed by atoms with Crippen LogP contribution < -0.4 is 0 Å². The summed E-state index contributed by atoms with van der Waals surface area (Å²) in [4.78, 5) is 19.1. The van der Waals surface area contributed by atoms with E-state index in [1.165, 1.54) is 6.42 Å². The molecule has 2 aromatic rings. The first-order chi connectivity index (χ1) is 12.2. The van der Waals surface area contributed by atoms with Gasteiger partial charge in [-0.05, 0) is 31.6 Å². The van der Waals surface area contributed by atoms with Gasteiger partial charge in [0.25, 0.3) is 5.91 Å². The molecule has 4 heterocycles. The molecule has 2 aliphatic heterocycles. The van der Waals surface area contributed by atoms with Gasteiger partial charge in [0, 0.05) is 39.4 Å². The number of amides is 1. The highest BCUT2D eigenvalue weighted by atomic mass is 16.5. The van der Waals surface area contributed by atoms with E-state index in [1.807, 2.05) is 9.47 Å². The molecule has 2 aliphatic rings. The van der Waals surface area contributed by atoms with Gasteiger partial charge in [-0.15, -0.1) is 10.2 Å². The standard InChI is InChI=1S/C17H24N6O2/c1-12-18-14(21-25-12)11-13-6-9-22(10-7-13)17(24)16-20-19-15-5-3-2-4-8-23(15)16/h13H,2-11H2,1H3. The van der Waals surface area contributed by atoms with Crippen LogP contribution in [-0.4, -0.2) is 48.8 Å². The molecule has 25 heavy (non-hydrogen) atoms. The Morgan fingerprint density at radius 3 is 2.76 bits per heavy atom. The predicted molar refractivity (Wildman–Crippen MR) is 88.9 cm³/mol. The van der Waals surface area contributed by atoms with Gasteiger partial charge < -0.3 is 14.0 Å². The number of carbonyl (C=O) groups excluding carboxylic acids is 1. The number of aromatic nitrogens is 5. The average molecular weight is 344 g/mol. The van der Waals surface area contributed by atoms with Gasteiger partial charge in [0.15, 0.2) is 5.82 Å². The van der Waals surface area contributed by atoms with Crippen molar-refractivity contribution in [3.05, 3.63) is 23.4 Å². The number of nitrogens with zero attached hydrogens (tertiary/aromatic N) is 6. The summed E-state index contributed by atoms with van der Waals surface area (Å²) in [5, 5.41) is 12.4. The van der Waals surface area contributed by atoms with Crippen LogP contribution in [0, 0.1) is 12.8 Å². The summed E-state index contributed by atoms with van der Waals surface area (Å²) >= 11 is 0. The first-order valence-electron chi connectivity index (χ1n) is 9.21. The number of likely N-dealkylation sites (tertiary alicyclic amines) is 1. The fourth-order valence-electron chi connectivity index (χ4n) is 3.81. The zero-order valence-electron chi connectivity index (χ0n) is 14.6. The van der Waals surface area contributed by atoms with Gasteiger partial charge in [0.2, 0.25) is 11.7 Å². The van der Waals surface area contributed by atoms with Crippen molar-refractivity contribution in [3.63, 3.8) is 0 Å². The Bertz CT molecular complexity index is 744. The molecule has 1 saturated heterocycles. The molecule has 134 valence electrons. The Hall–Kier alpha value is -2.25. The molecule has 1 fully saturated rings. The number of piperidine rings is 1. The van der Waals surface area contributed by atoms with Gasteiger partial charge in [0.1, 0.15) is 5.82 Å². The summed E-state index contributed by atoms with van der Waals surface area (Å²) in [6, 6.07) is 0. The highest BCUT2D eigenvalue weighted by molar-refractivity contribution is 5.90. The Labute approximate surface area is 146 Å². The fourth-order valence-corrected chi connectivity index (χ4v) is 3.81. The molecule has 4 rings (SSSR count). The average Bonchev–Trinajstić information content (AvgIpc) is 3.14. The van der Waals surface area contributed by atoms with Crippen molar-refractivity contribution >= 4 is 5.91 Å². The van der Waals surface area contributed by atoms with E-state index >= 15 is 0 Å². The molecule has 2 aromatic heterocycles. The Balaban J connectivity index is 1.37. The maximum Gasteiger partial charge on any atom is 0.291 e. The molecule has 0 aliphatic carbocycles. The highest BCUT2D eigenvalue weighted by Crippen LogP contribution is 2.23. The Kier molecular flexibility index (Phi) is 4.50. The van der Waals surface area contributed by atoms with E-state index in [-0.39, 0.29) is 5.91 Å². The van der Waals surface area contributed by atoms with Crippen LogP contribution in [-0.2, 0) is 19.4 Å². The molecule has 0 bridgehead atoms. The van der Waals surface area contributed by atoms with Crippen LogP contribution in [0.15, 0.2) is 4.52 Å². The fraction of sp³-hybridized carbons (Fsp3) is 0.706. The molecule has 0 N–H and O–H groups in total. The predicted octanol–water partition coefficient (Wildman–Crippen LogP) is 1.79. The third-order valence-corrected chi connectivity index (χ3v) is 5.24. The first kappa shape index (κ1) is 16.2. The number of hydrogen-bond donors (Lipinski definition) is 0. The van der Waals surface area contributed by atoms with Crippen LogP contribution in [0.2, 0.25) is 0 Å². The molecule has 1 amide bonds. The van der Waals surface area contributed by atoms with Gasteiger partial charge in [-0.25, -0.2) is 0 Å². The van der Waals surface area contributed by atoms with Crippen molar-refractivity contribution in [1.29, 1.82) is 0 Å². The summed E-state index contributed by atoms with van der Waals surface area (Å²) in [5.41, 5.74) is 0. The van der Waals surface area contributed by atoms with E-state index in [4.69, 9.17) is 4.52 Å². The zero-order chi connectivity index (χ0) is 17.2. The minimum Gasteiger partial charge on any atom is -0.340 e. The molecule has 0 unspecified atom stereocenters. The maximum atomic E-state index is 12.9. The second kappa shape index (κ2) is 6.93. The molecule has 0 saturated carbocycles. The molecular formula is C17H24N6O2. The molecular weight excluding hydrogens is 320 g/mol. The van der Waals surface area contributed by atoms with Crippen LogP contribution in [0.25, 0.3) is 0 Å². The van der Waals surface area contributed by atoms with Crippen LogP contribution in [0.1, 0.15) is 60.3 Å². The van der Waals surface area contributed by atoms with Gasteiger partial charge >= 0.3 is 0 Å². The second-order valence-corrected chi connectivity index (χ2v) is 7.07. The molecule has 0 aromatic carbocycles. The summed E-state index contributed by atoms with van der Waals surface area (Å²) in [6.07, 6.45) is 7.08. The third-order valence-electron chi connectivity index (χ3n) is 5.24. The summed E-state index contributed by atoms with van der Waals surface area (Å²) in [7, 11) is 0. The van der Waals surface area contributed by atoms with E-state index in [0.717, 1.165) is 69.8 Å². The van der Waals surface area contributed by atoms with Crippen molar-refractivity contribution in [2.45, 2.75) is 58.4 Å². The molecule has 0 spiro atoms. The summed E-state index contributed by atoms with van der Waals surface area (Å²) in [5.74, 6) is 3.37. The van der Waals surface area contributed by atoms with Crippen molar-refractivity contribution < 1.29 is 9.32 Å². The Morgan fingerprint density at radius 1 is 1.16 bits per heavy atom. The lowest BCUT2D eigenvalue weighted by Crippen LogP contribution is -2.40. The molecule has 8 nitrogen and oxygen atoms in total. The smallest absolute Gasteiger partial charge is 0.291 e. The minimum absolute atomic E-state index is 0.0227. The minimum atomic E-state index is 0.0227. The zero-order valence-corrected chi connectivity index (χ0v) is 14.6. The number of carbonyl (C=O) groups is 1. The van der Waals surface area contributed by atoms with Crippen LogP contribution >= 0.6 is 0 Å². The van der Waals surface area contributed by atoms with E-state index in [1.54, 1.807) is 6.92 Å². The number of rotatable bonds is 3. The van der Waals surface area contributed by atoms with Gasteiger partial charge in [-0.1, -0.05) is 11.6 Å². The lowest BCUT2D eigenvalue weighted by atomic mass is 9.93. The largest absolute Gasteiger partial charge is 0.340 e. The molecule has 8 heteroatoms. The van der Waals surface area contributed by atoms with E-state index in [0.29, 0.717) is 17.6 Å². The number of aryl methyl sites for hydroxylation is 2. The normalized spacial score (nSPS) is 18.8.